The Labute approximate surface area is 120 Å². The number of rotatable bonds is 4. The van der Waals surface area contributed by atoms with Crippen molar-refractivity contribution in [1.29, 1.82) is 0 Å². The Kier molecular flexibility index (Phi) is 4.10. The Bertz CT molecular complexity index is 664. The van der Waals surface area contributed by atoms with Crippen molar-refractivity contribution < 1.29 is 14.7 Å². The third-order valence-electron chi connectivity index (χ3n) is 2.86. The summed E-state index contributed by atoms with van der Waals surface area (Å²) >= 11 is 5.85. The standard InChI is InChI=1S/C14H13ClN2O3/c1-2-17-7-3-4-12(17)13(18)16-9-5-6-10(14(19)20)11(15)8-9/h3-8H,2H2,1H3,(H,16,18)(H,19,20). The van der Waals surface area contributed by atoms with Crippen molar-refractivity contribution in [2.45, 2.75) is 13.5 Å². The molecule has 0 atom stereocenters. The fourth-order valence-electron chi connectivity index (χ4n) is 1.86. The maximum Gasteiger partial charge on any atom is 0.337 e. The Morgan fingerprint density at radius 1 is 1.35 bits per heavy atom. The molecule has 104 valence electrons. The molecule has 0 saturated heterocycles. The minimum atomic E-state index is -1.10. The minimum Gasteiger partial charge on any atom is -0.478 e. The predicted octanol–water partition coefficient (Wildman–Crippen LogP) is 3.11. The van der Waals surface area contributed by atoms with Gasteiger partial charge in [-0.1, -0.05) is 11.6 Å². The molecule has 2 N–H and O–H groups in total. The van der Waals surface area contributed by atoms with E-state index in [9.17, 15) is 9.59 Å². The van der Waals surface area contributed by atoms with Crippen LogP contribution in [0.1, 0.15) is 27.8 Å². The molecule has 1 aromatic carbocycles. The largest absolute Gasteiger partial charge is 0.478 e. The average Bonchev–Trinajstić information content (AvgIpc) is 2.86. The SMILES string of the molecule is CCn1cccc1C(=O)Nc1ccc(C(=O)O)c(Cl)c1. The second kappa shape index (κ2) is 5.79. The average molecular weight is 293 g/mol. The number of anilines is 1. The van der Waals surface area contributed by atoms with Crippen molar-refractivity contribution in [2.24, 2.45) is 0 Å². The Hall–Kier alpha value is -2.27. The van der Waals surface area contributed by atoms with E-state index in [1.807, 2.05) is 17.7 Å². The van der Waals surface area contributed by atoms with Gasteiger partial charge >= 0.3 is 5.97 Å². The number of hydrogen-bond donors (Lipinski definition) is 2. The number of benzene rings is 1. The molecule has 0 unspecified atom stereocenters. The lowest BCUT2D eigenvalue weighted by Gasteiger charge is -2.09. The van der Waals surface area contributed by atoms with Crippen molar-refractivity contribution in [3.8, 4) is 0 Å². The summed E-state index contributed by atoms with van der Waals surface area (Å²) in [5, 5.41) is 11.7. The molecular formula is C14H13ClN2O3. The van der Waals surface area contributed by atoms with Crippen LogP contribution in [0.3, 0.4) is 0 Å². The zero-order valence-corrected chi connectivity index (χ0v) is 11.5. The van der Waals surface area contributed by atoms with E-state index < -0.39 is 5.97 Å². The van der Waals surface area contributed by atoms with Gasteiger partial charge in [0.15, 0.2) is 0 Å². The monoisotopic (exact) mass is 292 g/mol. The number of carboxylic acid groups (broad SMARTS) is 1. The molecule has 0 saturated carbocycles. The van der Waals surface area contributed by atoms with Crippen molar-refractivity contribution in [3.05, 3.63) is 52.8 Å². The smallest absolute Gasteiger partial charge is 0.337 e. The molecule has 6 heteroatoms. The first-order valence-corrected chi connectivity index (χ1v) is 6.40. The molecule has 0 radical (unpaired) electrons. The van der Waals surface area contributed by atoms with Gasteiger partial charge in [-0.05, 0) is 37.3 Å². The quantitative estimate of drug-likeness (QED) is 0.909. The molecule has 2 rings (SSSR count). The number of aromatic nitrogens is 1. The summed E-state index contributed by atoms with van der Waals surface area (Å²) in [6, 6.07) is 7.79. The van der Waals surface area contributed by atoms with E-state index in [1.165, 1.54) is 18.2 Å². The van der Waals surface area contributed by atoms with Gasteiger partial charge in [0.2, 0.25) is 0 Å². The maximum atomic E-state index is 12.1. The first kappa shape index (κ1) is 14.1. The van der Waals surface area contributed by atoms with E-state index in [1.54, 1.807) is 12.1 Å². The van der Waals surface area contributed by atoms with E-state index in [0.29, 0.717) is 17.9 Å². The van der Waals surface area contributed by atoms with Gasteiger partial charge in [-0.3, -0.25) is 4.79 Å². The molecular weight excluding hydrogens is 280 g/mol. The number of nitrogens with one attached hydrogen (secondary N) is 1. The Balaban J connectivity index is 2.20. The normalized spacial score (nSPS) is 10.3. The van der Waals surface area contributed by atoms with E-state index in [0.717, 1.165) is 0 Å². The van der Waals surface area contributed by atoms with Gasteiger partial charge in [-0.25, -0.2) is 4.79 Å². The molecule has 1 amide bonds. The highest BCUT2D eigenvalue weighted by Crippen LogP contribution is 2.21. The molecule has 0 aliphatic carbocycles. The lowest BCUT2D eigenvalue weighted by Crippen LogP contribution is -2.16. The second-order valence-electron chi connectivity index (χ2n) is 4.13. The van der Waals surface area contributed by atoms with Crippen LogP contribution in [-0.2, 0) is 6.54 Å². The number of aryl methyl sites for hydroxylation is 1. The zero-order valence-electron chi connectivity index (χ0n) is 10.8. The highest BCUT2D eigenvalue weighted by atomic mass is 35.5. The molecule has 20 heavy (non-hydrogen) atoms. The second-order valence-corrected chi connectivity index (χ2v) is 4.54. The Morgan fingerprint density at radius 3 is 2.70 bits per heavy atom. The number of hydrogen-bond acceptors (Lipinski definition) is 2. The number of carboxylic acids is 1. The molecule has 0 bridgehead atoms. The number of halogens is 1. The predicted molar refractivity (Wildman–Crippen MR) is 76.5 cm³/mol. The number of aromatic carboxylic acids is 1. The van der Waals surface area contributed by atoms with Crippen LogP contribution in [0.2, 0.25) is 5.02 Å². The van der Waals surface area contributed by atoms with Crippen LogP contribution in [0.25, 0.3) is 0 Å². The summed E-state index contributed by atoms with van der Waals surface area (Å²) in [5.74, 6) is -1.37. The van der Waals surface area contributed by atoms with Crippen molar-refractivity contribution in [3.63, 3.8) is 0 Å². The third-order valence-corrected chi connectivity index (χ3v) is 3.17. The maximum absolute atomic E-state index is 12.1. The third kappa shape index (κ3) is 2.83. The van der Waals surface area contributed by atoms with Gasteiger partial charge in [0, 0.05) is 18.4 Å². The number of nitrogens with zero attached hydrogens (tertiary/aromatic N) is 1. The van der Waals surface area contributed by atoms with Gasteiger partial charge < -0.3 is 15.0 Å². The van der Waals surface area contributed by atoms with Crippen LogP contribution in [-0.4, -0.2) is 21.6 Å². The van der Waals surface area contributed by atoms with Crippen LogP contribution in [0.15, 0.2) is 36.5 Å². The van der Waals surface area contributed by atoms with Crippen LogP contribution in [0.4, 0.5) is 5.69 Å². The van der Waals surface area contributed by atoms with E-state index in [4.69, 9.17) is 16.7 Å². The highest BCUT2D eigenvalue weighted by Gasteiger charge is 2.13. The van der Waals surface area contributed by atoms with E-state index in [-0.39, 0.29) is 16.5 Å². The van der Waals surface area contributed by atoms with Gasteiger partial charge in [0.05, 0.1) is 10.6 Å². The van der Waals surface area contributed by atoms with Crippen LogP contribution >= 0.6 is 11.6 Å². The fraction of sp³-hybridized carbons (Fsp3) is 0.143. The van der Waals surface area contributed by atoms with Crippen LogP contribution in [0.5, 0.6) is 0 Å². The first-order chi connectivity index (χ1) is 9.52. The number of amides is 1. The molecule has 1 aromatic heterocycles. The molecule has 2 aromatic rings. The summed E-state index contributed by atoms with van der Waals surface area (Å²) in [7, 11) is 0. The van der Waals surface area contributed by atoms with Crippen LogP contribution in [0, 0.1) is 0 Å². The lowest BCUT2D eigenvalue weighted by molar-refractivity contribution is 0.0697. The number of carbonyl (C=O) groups excluding carboxylic acids is 1. The van der Waals surface area contributed by atoms with Gasteiger partial charge in [0.25, 0.3) is 5.91 Å². The molecule has 0 aliphatic heterocycles. The zero-order chi connectivity index (χ0) is 14.7. The van der Waals surface area contributed by atoms with E-state index >= 15 is 0 Å². The molecule has 0 spiro atoms. The first-order valence-electron chi connectivity index (χ1n) is 6.02. The summed E-state index contributed by atoms with van der Waals surface area (Å²) in [4.78, 5) is 22.9. The summed E-state index contributed by atoms with van der Waals surface area (Å²) in [6.07, 6.45) is 1.81. The summed E-state index contributed by atoms with van der Waals surface area (Å²) in [6.45, 7) is 2.63. The highest BCUT2D eigenvalue weighted by molar-refractivity contribution is 6.33. The summed E-state index contributed by atoms with van der Waals surface area (Å²) < 4.78 is 1.81. The van der Waals surface area contributed by atoms with E-state index in [2.05, 4.69) is 5.32 Å². The van der Waals surface area contributed by atoms with Gasteiger partial charge in [-0.15, -0.1) is 0 Å². The minimum absolute atomic E-state index is 0.00148. The van der Waals surface area contributed by atoms with Gasteiger partial charge in [0.1, 0.15) is 5.69 Å². The van der Waals surface area contributed by atoms with Crippen molar-refractivity contribution in [1.82, 2.24) is 4.57 Å². The Morgan fingerprint density at radius 2 is 2.10 bits per heavy atom. The van der Waals surface area contributed by atoms with Crippen molar-refractivity contribution in [2.75, 3.05) is 5.32 Å². The fourth-order valence-corrected chi connectivity index (χ4v) is 2.12. The van der Waals surface area contributed by atoms with Gasteiger partial charge in [-0.2, -0.15) is 0 Å². The number of carbonyl (C=O) groups is 2. The topological polar surface area (TPSA) is 71.3 Å². The lowest BCUT2D eigenvalue weighted by atomic mass is 10.2. The molecule has 1 heterocycles. The molecule has 0 aliphatic rings. The molecule has 5 nitrogen and oxygen atoms in total. The van der Waals surface area contributed by atoms with Crippen LogP contribution < -0.4 is 5.32 Å². The summed E-state index contributed by atoms with van der Waals surface area (Å²) in [5.41, 5.74) is 0.987. The molecule has 0 fully saturated rings. The van der Waals surface area contributed by atoms with Crippen molar-refractivity contribution >= 4 is 29.2 Å².